The van der Waals surface area contributed by atoms with Crippen molar-refractivity contribution in [2.75, 3.05) is 13.2 Å². The van der Waals surface area contributed by atoms with Crippen molar-refractivity contribution in [1.29, 1.82) is 0 Å². The Morgan fingerprint density at radius 2 is 1.95 bits per heavy atom. The molecule has 120 valence electrons. The lowest BCUT2D eigenvalue weighted by Crippen LogP contribution is -2.46. The van der Waals surface area contributed by atoms with E-state index < -0.39 is 0 Å². The molecule has 0 spiro atoms. The van der Waals surface area contributed by atoms with Crippen LogP contribution < -0.4 is 5.32 Å². The third-order valence-corrected chi connectivity index (χ3v) is 5.47. The summed E-state index contributed by atoms with van der Waals surface area (Å²) < 4.78 is 6.42. The first-order chi connectivity index (χ1) is 10.2. The van der Waals surface area contributed by atoms with Crippen LogP contribution in [0.25, 0.3) is 0 Å². The monoisotopic (exact) mass is 309 g/mol. The maximum absolute atomic E-state index is 6.42. The van der Waals surface area contributed by atoms with E-state index in [0.29, 0.717) is 6.04 Å². The average Bonchev–Trinajstić information content (AvgIpc) is 2.75. The van der Waals surface area contributed by atoms with Crippen LogP contribution in [0.5, 0.6) is 0 Å². The molecule has 1 aromatic rings. The van der Waals surface area contributed by atoms with Crippen molar-refractivity contribution in [3.05, 3.63) is 21.9 Å². The summed E-state index contributed by atoms with van der Waals surface area (Å²) in [6.45, 7) is 8.46. The molecule has 21 heavy (non-hydrogen) atoms. The molecule has 0 saturated heterocycles. The highest BCUT2D eigenvalue weighted by Gasteiger charge is 2.40. The predicted molar refractivity (Wildman–Crippen MR) is 92.1 cm³/mol. The van der Waals surface area contributed by atoms with E-state index in [-0.39, 0.29) is 5.60 Å². The van der Waals surface area contributed by atoms with Gasteiger partial charge in [-0.1, -0.05) is 32.6 Å². The van der Waals surface area contributed by atoms with Gasteiger partial charge in [-0.3, -0.25) is 0 Å². The molecule has 3 heteroatoms. The fourth-order valence-corrected chi connectivity index (χ4v) is 4.37. The predicted octanol–water partition coefficient (Wildman–Crippen LogP) is 5.23. The Bertz CT molecular complexity index is 407. The van der Waals surface area contributed by atoms with Crippen molar-refractivity contribution in [3.8, 4) is 0 Å². The van der Waals surface area contributed by atoms with Crippen molar-refractivity contribution in [2.45, 2.75) is 77.4 Å². The van der Waals surface area contributed by atoms with Crippen LogP contribution in [0.2, 0.25) is 0 Å². The fraction of sp³-hybridized carbons (Fsp3) is 0.778. The van der Waals surface area contributed by atoms with Crippen molar-refractivity contribution >= 4 is 11.3 Å². The molecule has 1 aromatic heterocycles. The van der Waals surface area contributed by atoms with Gasteiger partial charge in [0.2, 0.25) is 0 Å². The summed E-state index contributed by atoms with van der Waals surface area (Å²) in [5, 5.41) is 6.13. The van der Waals surface area contributed by atoms with Crippen LogP contribution in [0.4, 0.5) is 0 Å². The van der Waals surface area contributed by atoms with E-state index in [1.54, 1.807) is 0 Å². The van der Waals surface area contributed by atoms with Gasteiger partial charge in [-0.25, -0.2) is 0 Å². The topological polar surface area (TPSA) is 21.3 Å². The molecule has 2 rings (SSSR count). The number of hydrogen-bond acceptors (Lipinski definition) is 3. The minimum absolute atomic E-state index is 0.00602. The third kappa shape index (κ3) is 4.30. The quantitative estimate of drug-likeness (QED) is 0.697. The van der Waals surface area contributed by atoms with E-state index >= 15 is 0 Å². The molecule has 0 radical (unpaired) electrons. The van der Waals surface area contributed by atoms with E-state index in [4.69, 9.17) is 4.74 Å². The van der Waals surface area contributed by atoms with Crippen LogP contribution in [-0.4, -0.2) is 18.8 Å². The Morgan fingerprint density at radius 1 is 1.24 bits per heavy atom. The van der Waals surface area contributed by atoms with Crippen LogP contribution in [-0.2, 0) is 4.74 Å². The maximum Gasteiger partial charge on any atom is 0.0876 e. The molecular formula is C18H31NOS. The number of rotatable bonds is 7. The minimum atomic E-state index is -0.00602. The molecule has 0 aromatic carbocycles. The van der Waals surface area contributed by atoms with Crippen LogP contribution in [0.1, 0.15) is 75.3 Å². The standard InChI is InChI=1S/C18H31NOS/c1-4-12-19-17(16-13-15(3)21-14-16)18(20-5-2)10-8-6-7-9-11-18/h13-14,17,19H,4-12H2,1-3H3. The van der Waals surface area contributed by atoms with Gasteiger partial charge in [0.25, 0.3) is 0 Å². The molecule has 1 fully saturated rings. The summed E-state index contributed by atoms with van der Waals surface area (Å²) in [5.41, 5.74) is 1.43. The van der Waals surface area contributed by atoms with Gasteiger partial charge < -0.3 is 10.1 Å². The summed E-state index contributed by atoms with van der Waals surface area (Å²) in [7, 11) is 0. The third-order valence-electron chi connectivity index (χ3n) is 4.59. The molecule has 1 aliphatic carbocycles. The second kappa shape index (κ2) is 8.30. The Kier molecular flexibility index (Phi) is 6.72. The fourth-order valence-electron chi connectivity index (χ4n) is 3.64. The van der Waals surface area contributed by atoms with Crippen LogP contribution in [0.3, 0.4) is 0 Å². The number of nitrogens with one attached hydrogen (secondary N) is 1. The molecule has 1 unspecified atom stereocenters. The van der Waals surface area contributed by atoms with Gasteiger partial charge in [0.15, 0.2) is 0 Å². The first-order valence-corrected chi connectivity index (χ1v) is 9.52. The van der Waals surface area contributed by atoms with Gasteiger partial charge in [-0.2, -0.15) is 0 Å². The molecule has 1 aliphatic rings. The summed E-state index contributed by atoms with van der Waals surface area (Å²) >= 11 is 1.86. The molecule has 2 nitrogen and oxygen atoms in total. The summed E-state index contributed by atoms with van der Waals surface area (Å²) in [5.74, 6) is 0. The molecule has 1 heterocycles. The number of thiophene rings is 1. The highest BCUT2D eigenvalue weighted by molar-refractivity contribution is 7.10. The van der Waals surface area contributed by atoms with Crippen molar-refractivity contribution in [3.63, 3.8) is 0 Å². The maximum atomic E-state index is 6.42. The van der Waals surface area contributed by atoms with Gasteiger partial charge in [0.05, 0.1) is 11.6 Å². The van der Waals surface area contributed by atoms with Gasteiger partial charge in [0, 0.05) is 11.5 Å². The lowest BCUT2D eigenvalue weighted by molar-refractivity contribution is -0.0780. The number of ether oxygens (including phenoxy) is 1. The second-order valence-corrected chi connectivity index (χ2v) is 7.41. The zero-order valence-corrected chi connectivity index (χ0v) is 14.7. The van der Waals surface area contributed by atoms with E-state index in [1.807, 2.05) is 11.3 Å². The lowest BCUT2D eigenvalue weighted by atomic mass is 9.82. The van der Waals surface area contributed by atoms with Crippen LogP contribution in [0.15, 0.2) is 11.4 Å². The van der Waals surface area contributed by atoms with Crippen molar-refractivity contribution in [2.24, 2.45) is 0 Å². The molecular weight excluding hydrogens is 278 g/mol. The van der Waals surface area contributed by atoms with E-state index in [1.165, 1.54) is 55.4 Å². The Morgan fingerprint density at radius 3 is 2.48 bits per heavy atom. The zero-order valence-electron chi connectivity index (χ0n) is 13.9. The Hall–Kier alpha value is -0.380. The molecule has 0 aliphatic heterocycles. The summed E-state index contributed by atoms with van der Waals surface area (Å²) in [4.78, 5) is 1.40. The SMILES string of the molecule is CCCNC(c1csc(C)c1)C1(OCC)CCCCCC1. The van der Waals surface area contributed by atoms with Crippen molar-refractivity contribution < 1.29 is 4.74 Å². The van der Waals surface area contributed by atoms with Crippen LogP contribution >= 0.6 is 11.3 Å². The largest absolute Gasteiger partial charge is 0.373 e. The smallest absolute Gasteiger partial charge is 0.0876 e. The molecule has 1 N–H and O–H groups in total. The van der Waals surface area contributed by atoms with Crippen molar-refractivity contribution in [1.82, 2.24) is 5.32 Å². The second-order valence-electron chi connectivity index (χ2n) is 6.29. The molecule has 1 atom stereocenters. The molecule has 1 saturated carbocycles. The molecule has 0 bridgehead atoms. The normalized spacial score (nSPS) is 20.1. The van der Waals surface area contributed by atoms with E-state index in [2.05, 4.69) is 37.5 Å². The summed E-state index contributed by atoms with van der Waals surface area (Å²) in [6.07, 6.45) is 8.87. The zero-order chi connectivity index (χ0) is 15.1. The molecule has 0 amide bonds. The Balaban J connectivity index is 2.28. The first-order valence-electron chi connectivity index (χ1n) is 8.64. The first kappa shape index (κ1) is 17.0. The van der Waals surface area contributed by atoms with Gasteiger partial charge in [-0.15, -0.1) is 11.3 Å². The van der Waals surface area contributed by atoms with Gasteiger partial charge in [-0.05, 0) is 56.7 Å². The van der Waals surface area contributed by atoms with Gasteiger partial charge in [0.1, 0.15) is 0 Å². The van der Waals surface area contributed by atoms with E-state index in [9.17, 15) is 0 Å². The summed E-state index contributed by atoms with van der Waals surface area (Å²) in [6, 6.07) is 2.70. The lowest BCUT2D eigenvalue weighted by Gasteiger charge is -2.40. The van der Waals surface area contributed by atoms with E-state index in [0.717, 1.165) is 13.2 Å². The highest BCUT2D eigenvalue weighted by Crippen LogP contribution is 2.41. The number of aryl methyl sites for hydroxylation is 1. The van der Waals surface area contributed by atoms with Gasteiger partial charge >= 0.3 is 0 Å². The Labute approximate surface area is 134 Å². The van der Waals surface area contributed by atoms with Crippen LogP contribution in [0, 0.1) is 6.92 Å². The average molecular weight is 310 g/mol. The minimum Gasteiger partial charge on any atom is -0.373 e. The number of hydrogen-bond donors (Lipinski definition) is 1. The highest BCUT2D eigenvalue weighted by atomic mass is 32.1.